The average Bonchev–Trinajstić information content (AvgIpc) is 2.52. The minimum Gasteiger partial charge on any atom is -0.261 e. The maximum Gasteiger partial charge on any atom is 0.0469 e. The van der Waals surface area contributed by atoms with E-state index in [0.717, 1.165) is 5.92 Å². The molecule has 0 aromatic carbocycles. The lowest BCUT2D eigenvalue weighted by atomic mass is 9.84. The summed E-state index contributed by atoms with van der Waals surface area (Å²) >= 11 is 0. The molecule has 1 aliphatic carbocycles. The molecule has 0 saturated heterocycles. The molecule has 1 aromatic rings. The highest BCUT2D eigenvalue weighted by Crippen LogP contribution is 2.36. The van der Waals surface area contributed by atoms with Gasteiger partial charge < -0.3 is 0 Å². The number of nitrogens with zero attached hydrogens (tertiary/aromatic N) is 1. The van der Waals surface area contributed by atoms with Gasteiger partial charge in [-0.2, -0.15) is 0 Å². The van der Waals surface area contributed by atoms with Gasteiger partial charge >= 0.3 is 0 Å². The molecule has 1 aromatic heterocycles. The molecule has 20 heavy (non-hydrogen) atoms. The first-order valence-corrected chi connectivity index (χ1v) is 8.81. The van der Waals surface area contributed by atoms with Crippen molar-refractivity contribution in [2.24, 2.45) is 0 Å². The largest absolute Gasteiger partial charge is 0.261 e. The Morgan fingerprint density at radius 3 is 2.40 bits per heavy atom. The van der Waals surface area contributed by atoms with Gasteiger partial charge in [0.05, 0.1) is 0 Å². The van der Waals surface area contributed by atoms with Crippen molar-refractivity contribution in [1.82, 2.24) is 4.98 Å². The molecular formula is C19H31N. The van der Waals surface area contributed by atoms with Crippen LogP contribution in [0.15, 0.2) is 18.3 Å². The summed E-state index contributed by atoms with van der Waals surface area (Å²) in [5.74, 6) is 1.43. The van der Waals surface area contributed by atoms with Gasteiger partial charge in [0.25, 0.3) is 0 Å². The summed E-state index contributed by atoms with van der Waals surface area (Å²) in [4.78, 5) is 4.81. The first kappa shape index (κ1) is 15.5. The summed E-state index contributed by atoms with van der Waals surface area (Å²) < 4.78 is 0. The van der Waals surface area contributed by atoms with Crippen LogP contribution >= 0.6 is 0 Å². The SMILES string of the molecule is CCCC1CCCCCCCC(CC)c2ncccc21. The van der Waals surface area contributed by atoms with Gasteiger partial charge in [-0.25, -0.2) is 0 Å². The third-order valence-electron chi connectivity index (χ3n) is 4.93. The smallest absolute Gasteiger partial charge is 0.0469 e. The molecule has 1 heteroatoms. The predicted molar refractivity (Wildman–Crippen MR) is 87.2 cm³/mol. The number of fused-ring (bicyclic) bond motifs is 1. The third-order valence-corrected chi connectivity index (χ3v) is 4.93. The van der Waals surface area contributed by atoms with Crippen LogP contribution in [0.4, 0.5) is 0 Å². The van der Waals surface area contributed by atoms with E-state index in [2.05, 4.69) is 26.0 Å². The molecule has 2 rings (SSSR count). The summed E-state index contributed by atoms with van der Waals surface area (Å²) in [6.45, 7) is 4.65. The molecule has 0 amide bonds. The van der Waals surface area contributed by atoms with Crippen molar-refractivity contribution < 1.29 is 0 Å². The van der Waals surface area contributed by atoms with Gasteiger partial charge in [-0.05, 0) is 43.2 Å². The van der Waals surface area contributed by atoms with Crippen LogP contribution in [0.25, 0.3) is 0 Å². The number of pyridine rings is 1. The highest BCUT2D eigenvalue weighted by atomic mass is 14.7. The standard InChI is InChI=1S/C19H31N/c1-3-11-17-13-9-7-5-6-8-12-16(4-2)19-18(17)14-10-15-20-19/h10,14-17H,3-9,11-13H2,1-2H3. The van der Waals surface area contributed by atoms with Crippen molar-refractivity contribution in [2.45, 2.75) is 89.9 Å². The lowest BCUT2D eigenvalue weighted by Gasteiger charge is -2.23. The molecule has 0 fully saturated rings. The summed E-state index contributed by atoms with van der Waals surface area (Å²) in [5, 5.41) is 0. The Kier molecular flexibility index (Phi) is 6.56. The highest BCUT2D eigenvalue weighted by Gasteiger charge is 2.21. The second-order valence-corrected chi connectivity index (χ2v) is 6.41. The minimum absolute atomic E-state index is 0.684. The lowest BCUT2D eigenvalue weighted by molar-refractivity contribution is 0.515. The number of aromatic nitrogens is 1. The molecule has 112 valence electrons. The van der Waals surface area contributed by atoms with Gasteiger partial charge in [-0.15, -0.1) is 0 Å². The van der Waals surface area contributed by atoms with Crippen LogP contribution < -0.4 is 0 Å². The first-order valence-electron chi connectivity index (χ1n) is 8.81. The Morgan fingerprint density at radius 2 is 1.70 bits per heavy atom. The Bertz CT molecular complexity index is 385. The quantitative estimate of drug-likeness (QED) is 0.638. The van der Waals surface area contributed by atoms with E-state index >= 15 is 0 Å². The van der Waals surface area contributed by atoms with Crippen LogP contribution in [0.3, 0.4) is 0 Å². The predicted octanol–water partition coefficient (Wildman–Crippen LogP) is 6.20. The number of rotatable bonds is 3. The molecule has 1 heterocycles. The van der Waals surface area contributed by atoms with E-state index in [1.807, 2.05) is 6.20 Å². The zero-order valence-corrected chi connectivity index (χ0v) is 13.4. The molecule has 2 unspecified atom stereocenters. The van der Waals surface area contributed by atoms with Gasteiger partial charge in [0.2, 0.25) is 0 Å². The number of hydrogen-bond donors (Lipinski definition) is 0. The molecule has 2 atom stereocenters. The van der Waals surface area contributed by atoms with E-state index < -0.39 is 0 Å². The summed E-state index contributed by atoms with van der Waals surface area (Å²) in [7, 11) is 0. The fourth-order valence-electron chi connectivity index (χ4n) is 3.77. The van der Waals surface area contributed by atoms with Crippen LogP contribution in [0.5, 0.6) is 0 Å². The molecule has 0 bridgehead atoms. The van der Waals surface area contributed by atoms with Crippen molar-refractivity contribution in [2.75, 3.05) is 0 Å². The van der Waals surface area contributed by atoms with Gasteiger partial charge in [0.1, 0.15) is 0 Å². The molecule has 0 N–H and O–H groups in total. The molecular weight excluding hydrogens is 242 g/mol. The van der Waals surface area contributed by atoms with Gasteiger partial charge in [0.15, 0.2) is 0 Å². The van der Waals surface area contributed by atoms with Crippen molar-refractivity contribution in [3.63, 3.8) is 0 Å². The second kappa shape index (κ2) is 8.44. The molecule has 1 aliphatic rings. The van der Waals surface area contributed by atoms with Crippen molar-refractivity contribution >= 4 is 0 Å². The fourth-order valence-corrected chi connectivity index (χ4v) is 3.77. The average molecular weight is 273 g/mol. The van der Waals surface area contributed by atoms with Crippen LogP contribution in [0, 0.1) is 0 Å². The van der Waals surface area contributed by atoms with E-state index in [9.17, 15) is 0 Å². The maximum absolute atomic E-state index is 4.81. The monoisotopic (exact) mass is 273 g/mol. The summed E-state index contributed by atoms with van der Waals surface area (Å²) in [5.41, 5.74) is 3.00. The Balaban J connectivity index is 2.29. The van der Waals surface area contributed by atoms with Crippen LogP contribution in [-0.2, 0) is 0 Å². The third kappa shape index (κ3) is 4.07. The fraction of sp³-hybridized carbons (Fsp3) is 0.737. The van der Waals surface area contributed by atoms with Crippen molar-refractivity contribution in [3.8, 4) is 0 Å². The van der Waals surface area contributed by atoms with E-state index in [4.69, 9.17) is 4.98 Å². The van der Waals surface area contributed by atoms with E-state index in [1.54, 1.807) is 5.56 Å². The minimum atomic E-state index is 0.684. The Morgan fingerprint density at radius 1 is 1.00 bits per heavy atom. The van der Waals surface area contributed by atoms with Crippen molar-refractivity contribution in [3.05, 3.63) is 29.6 Å². The molecule has 0 saturated carbocycles. The zero-order valence-electron chi connectivity index (χ0n) is 13.4. The van der Waals surface area contributed by atoms with E-state index in [-0.39, 0.29) is 0 Å². The van der Waals surface area contributed by atoms with Gasteiger partial charge in [-0.3, -0.25) is 4.98 Å². The van der Waals surface area contributed by atoms with Gasteiger partial charge in [-0.1, -0.05) is 58.4 Å². The van der Waals surface area contributed by atoms with E-state index in [1.165, 1.54) is 69.9 Å². The normalized spacial score (nSPS) is 24.7. The second-order valence-electron chi connectivity index (χ2n) is 6.41. The molecule has 0 spiro atoms. The lowest BCUT2D eigenvalue weighted by Crippen LogP contribution is -2.09. The Hall–Kier alpha value is -0.850. The molecule has 1 nitrogen and oxygen atoms in total. The molecule has 0 radical (unpaired) electrons. The van der Waals surface area contributed by atoms with Crippen LogP contribution in [0.2, 0.25) is 0 Å². The van der Waals surface area contributed by atoms with E-state index in [0.29, 0.717) is 5.92 Å². The number of hydrogen-bond acceptors (Lipinski definition) is 1. The summed E-state index contributed by atoms with van der Waals surface area (Å²) in [6, 6.07) is 4.51. The maximum atomic E-state index is 4.81. The van der Waals surface area contributed by atoms with Gasteiger partial charge in [0, 0.05) is 17.8 Å². The molecule has 0 aliphatic heterocycles. The van der Waals surface area contributed by atoms with Crippen LogP contribution in [0.1, 0.15) is 101 Å². The first-order chi connectivity index (χ1) is 9.86. The zero-order chi connectivity index (χ0) is 14.2. The Labute approximate surface area is 125 Å². The van der Waals surface area contributed by atoms with Crippen LogP contribution in [-0.4, -0.2) is 4.98 Å². The summed E-state index contributed by atoms with van der Waals surface area (Å²) in [6.07, 6.45) is 15.6. The topological polar surface area (TPSA) is 12.9 Å². The highest BCUT2D eigenvalue weighted by molar-refractivity contribution is 5.27. The van der Waals surface area contributed by atoms with Crippen molar-refractivity contribution in [1.29, 1.82) is 0 Å².